The summed E-state index contributed by atoms with van der Waals surface area (Å²) in [6.45, 7) is 0. The van der Waals surface area contributed by atoms with Crippen LogP contribution in [0.15, 0.2) is 41.8 Å². The number of hydrogen-bond acceptors (Lipinski definition) is 7. The first kappa shape index (κ1) is 15.7. The van der Waals surface area contributed by atoms with Crippen molar-refractivity contribution in [1.29, 1.82) is 0 Å². The lowest BCUT2D eigenvalue weighted by Gasteiger charge is -2.00. The van der Waals surface area contributed by atoms with Gasteiger partial charge in [-0.3, -0.25) is 4.79 Å². The Kier molecular flexibility index (Phi) is 5.04. The first-order chi connectivity index (χ1) is 11.2. The molecular weight excluding hydrogens is 332 g/mol. The molecule has 1 aromatic carbocycles. The van der Waals surface area contributed by atoms with Gasteiger partial charge in [-0.25, -0.2) is 15.0 Å². The number of nitrogens with one attached hydrogen (secondary N) is 1. The van der Waals surface area contributed by atoms with E-state index in [0.717, 1.165) is 16.0 Å². The molecule has 0 aliphatic rings. The van der Waals surface area contributed by atoms with Gasteiger partial charge in [-0.15, -0.1) is 0 Å². The number of thioether (sulfide) groups is 1. The second-order valence-electron chi connectivity index (χ2n) is 4.53. The number of nitrogens with zero attached hydrogens (tertiary/aromatic N) is 3. The van der Waals surface area contributed by atoms with Gasteiger partial charge in [0, 0.05) is 24.6 Å². The molecule has 0 spiro atoms. The monoisotopic (exact) mass is 346 g/mol. The summed E-state index contributed by atoms with van der Waals surface area (Å²) in [6.07, 6.45) is 3.75. The molecular formula is C15H14N4O2S2. The van der Waals surface area contributed by atoms with Gasteiger partial charge >= 0.3 is 0 Å². The molecule has 0 saturated heterocycles. The predicted octanol–water partition coefficient (Wildman–Crippen LogP) is 3.22. The molecule has 0 unspecified atom stereocenters. The SMILES string of the molecule is COc1ccc2nc(NC(=O)CCSc3ncccn3)sc2c1. The first-order valence-electron chi connectivity index (χ1n) is 6.89. The van der Waals surface area contributed by atoms with Crippen molar-refractivity contribution in [3.05, 3.63) is 36.7 Å². The van der Waals surface area contributed by atoms with E-state index < -0.39 is 0 Å². The number of amides is 1. The van der Waals surface area contributed by atoms with E-state index in [1.807, 2.05) is 18.2 Å². The summed E-state index contributed by atoms with van der Waals surface area (Å²) >= 11 is 2.88. The Morgan fingerprint density at radius 2 is 2.17 bits per heavy atom. The highest BCUT2D eigenvalue weighted by molar-refractivity contribution is 7.99. The molecule has 3 aromatic rings. The van der Waals surface area contributed by atoms with Gasteiger partial charge in [0.25, 0.3) is 0 Å². The number of aromatic nitrogens is 3. The summed E-state index contributed by atoms with van der Waals surface area (Å²) in [5.41, 5.74) is 0.846. The molecule has 3 rings (SSSR count). The molecule has 2 aromatic heterocycles. The Bertz CT molecular complexity index is 808. The van der Waals surface area contributed by atoms with Crippen LogP contribution in [0, 0.1) is 0 Å². The van der Waals surface area contributed by atoms with Gasteiger partial charge in [-0.2, -0.15) is 0 Å². The van der Waals surface area contributed by atoms with Crippen LogP contribution in [-0.2, 0) is 4.79 Å². The van der Waals surface area contributed by atoms with E-state index in [1.165, 1.54) is 23.1 Å². The lowest BCUT2D eigenvalue weighted by molar-refractivity contribution is -0.115. The first-order valence-corrected chi connectivity index (χ1v) is 8.69. The second kappa shape index (κ2) is 7.38. The van der Waals surface area contributed by atoms with Gasteiger partial charge in [-0.05, 0) is 24.3 Å². The fourth-order valence-electron chi connectivity index (χ4n) is 1.86. The van der Waals surface area contributed by atoms with E-state index >= 15 is 0 Å². The van der Waals surface area contributed by atoms with E-state index in [-0.39, 0.29) is 5.91 Å². The second-order valence-corrected chi connectivity index (χ2v) is 6.62. The van der Waals surface area contributed by atoms with Crippen LogP contribution in [0.25, 0.3) is 10.2 Å². The average molecular weight is 346 g/mol. The van der Waals surface area contributed by atoms with Crippen molar-refractivity contribution in [2.45, 2.75) is 11.6 Å². The van der Waals surface area contributed by atoms with Crippen LogP contribution in [0.4, 0.5) is 5.13 Å². The third-order valence-corrected chi connectivity index (χ3v) is 4.76. The molecule has 0 bridgehead atoms. The van der Waals surface area contributed by atoms with Crippen molar-refractivity contribution in [1.82, 2.24) is 15.0 Å². The minimum atomic E-state index is -0.0700. The molecule has 8 heteroatoms. The molecule has 1 amide bonds. The van der Waals surface area contributed by atoms with Crippen LogP contribution in [-0.4, -0.2) is 33.7 Å². The minimum Gasteiger partial charge on any atom is -0.497 e. The van der Waals surface area contributed by atoms with E-state index in [0.29, 0.717) is 22.5 Å². The number of methoxy groups -OCH3 is 1. The smallest absolute Gasteiger partial charge is 0.226 e. The molecule has 0 radical (unpaired) electrons. The van der Waals surface area contributed by atoms with Gasteiger partial charge in [0.15, 0.2) is 10.3 Å². The molecule has 0 atom stereocenters. The van der Waals surface area contributed by atoms with Crippen LogP contribution in [0.3, 0.4) is 0 Å². The lowest BCUT2D eigenvalue weighted by Crippen LogP contribution is -2.11. The Labute approximate surface area is 141 Å². The summed E-state index contributed by atoms with van der Waals surface area (Å²) < 4.78 is 6.16. The van der Waals surface area contributed by atoms with Gasteiger partial charge in [0.1, 0.15) is 5.75 Å². The van der Waals surface area contributed by atoms with Crippen LogP contribution in [0.1, 0.15) is 6.42 Å². The molecule has 1 N–H and O–H groups in total. The van der Waals surface area contributed by atoms with E-state index in [1.54, 1.807) is 25.6 Å². The van der Waals surface area contributed by atoms with Crippen molar-refractivity contribution in [3.8, 4) is 5.75 Å². The zero-order valence-electron chi connectivity index (χ0n) is 12.4. The molecule has 0 aliphatic heterocycles. The standard InChI is InChI=1S/C15H14N4O2S2/c1-21-10-3-4-11-12(9-10)23-15(18-11)19-13(20)5-8-22-14-16-6-2-7-17-14/h2-4,6-7,9H,5,8H2,1H3,(H,18,19,20). The van der Waals surface area contributed by atoms with Gasteiger partial charge in [0.2, 0.25) is 5.91 Å². The van der Waals surface area contributed by atoms with Crippen molar-refractivity contribution in [3.63, 3.8) is 0 Å². The third-order valence-electron chi connectivity index (χ3n) is 2.94. The maximum absolute atomic E-state index is 12.0. The Balaban J connectivity index is 1.55. The largest absolute Gasteiger partial charge is 0.497 e. The van der Waals surface area contributed by atoms with E-state index in [9.17, 15) is 4.79 Å². The van der Waals surface area contributed by atoms with Crippen LogP contribution in [0.2, 0.25) is 0 Å². The Morgan fingerprint density at radius 3 is 2.96 bits per heavy atom. The maximum atomic E-state index is 12.0. The molecule has 118 valence electrons. The van der Waals surface area contributed by atoms with Crippen molar-refractivity contribution in [2.75, 3.05) is 18.2 Å². The number of hydrogen-bond donors (Lipinski definition) is 1. The zero-order valence-corrected chi connectivity index (χ0v) is 14.0. The third kappa shape index (κ3) is 4.17. The zero-order chi connectivity index (χ0) is 16.1. The summed E-state index contributed by atoms with van der Waals surface area (Å²) in [5, 5.41) is 4.10. The van der Waals surface area contributed by atoms with Crippen LogP contribution in [0.5, 0.6) is 5.75 Å². The van der Waals surface area contributed by atoms with Gasteiger partial charge in [0.05, 0.1) is 17.3 Å². The number of benzene rings is 1. The van der Waals surface area contributed by atoms with E-state index in [4.69, 9.17) is 4.74 Å². The fourth-order valence-corrected chi connectivity index (χ4v) is 3.51. The maximum Gasteiger partial charge on any atom is 0.226 e. The predicted molar refractivity (Wildman–Crippen MR) is 92.2 cm³/mol. The molecule has 0 fully saturated rings. The highest BCUT2D eigenvalue weighted by Gasteiger charge is 2.09. The normalized spacial score (nSPS) is 10.7. The summed E-state index contributed by atoms with van der Waals surface area (Å²) in [6, 6.07) is 7.40. The highest BCUT2D eigenvalue weighted by Crippen LogP contribution is 2.29. The number of ether oxygens (including phenoxy) is 1. The van der Waals surface area contributed by atoms with Crippen molar-refractivity contribution in [2.24, 2.45) is 0 Å². The van der Waals surface area contributed by atoms with Crippen molar-refractivity contribution >= 4 is 44.4 Å². The van der Waals surface area contributed by atoms with Crippen molar-refractivity contribution < 1.29 is 9.53 Å². The van der Waals surface area contributed by atoms with Gasteiger partial charge < -0.3 is 10.1 Å². The average Bonchev–Trinajstić information content (AvgIpc) is 2.96. The number of anilines is 1. The summed E-state index contributed by atoms with van der Waals surface area (Å²) in [7, 11) is 1.62. The minimum absolute atomic E-state index is 0.0700. The van der Waals surface area contributed by atoms with Gasteiger partial charge in [-0.1, -0.05) is 23.1 Å². The molecule has 23 heavy (non-hydrogen) atoms. The fraction of sp³-hybridized carbons (Fsp3) is 0.200. The number of carbonyl (C=O) groups is 1. The molecule has 0 saturated carbocycles. The highest BCUT2D eigenvalue weighted by atomic mass is 32.2. The number of carbonyl (C=O) groups excluding carboxylic acids is 1. The van der Waals surface area contributed by atoms with Crippen LogP contribution < -0.4 is 10.1 Å². The lowest BCUT2D eigenvalue weighted by atomic mass is 10.3. The van der Waals surface area contributed by atoms with Crippen LogP contribution >= 0.6 is 23.1 Å². The Hall–Kier alpha value is -2.19. The quantitative estimate of drug-likeness (QED) is 0.545. The molecule has 0 aliphatic carbocycles. The number of thiazole rings is 1. The number of rotatable bonds is 6. The summed E-state index contributed by atoms with van der Waals surface area (Å²) in [5.74, 6) is 1.33. The molecule has 6 nitrogen and oxygen atoms in total. The summed E-state index contributed by atoms with van der Waals surface area (Å²) in [4.78, 5) is 24.6. The number of fused-ring (bicyclic) bond motifs is 1. The topological polar surface area (TPSA) is 77.0 Å². The molecule has 2 heterocycles. The van der Waals surface area contributed by atoms with E-state index in [2.05, 4.69) is 20.3 Å². The Morgan fingerprint density at radius 1 is 1.35 bits per heavy atom.